The van der Waals surface area contributed by atoms with Crippen molar-refractivity contribution >= 4 is 11.5 Å². The van der Waals surface area contributed by atoms with Crippen molar-refractivity contribution in [2.45, 2.75) is 0 Å². The second-order valence-electron chi connectivity index (χ2n) is 5.43. The Bertz CT molecular complexity index is 1010. The third-order valence-electron chi connectivity index (χ3n) is 3.49. The molecule has 0 amide bonds. The van der Waals surface area contributed by atoms with Gasteiger partial charge >= 0.3 is 5.97 Å². The standard InChI is InChI=1S/C20H14F2N2O5/c1-26-11-14(13-6-3-2-4-7-13)20(25)29-28-18-10-17(23-12-24-18)27-19-15(21)8-5-9-16(19)22/h2-12H,1H3/b14-11-. The second-order valence-corrected chi connectivity index (χ2v) is 5.43. The average molecular weight is 400 g/mol. The molecule has 2 aromatic carbocycles. The van der Waals surface area contributed by atoms with E-state index in [1.165, 1.54) is 19.4 Å². The van der Waals surface area contributed by atoms with Crippen molar-refractivity contribution in [2.75, 3.05) is 7.11 Å². The number of para-hydroxylation sites is 1. The first-order chi connectivity index (χ1) is 14.1. The lowest BCUT2D eigenvalue weighted by Crippen LogP contribution is -2.11. The van der Waals surface area contributed by atoms with Crippen molar-refractivity contribution in [3.63, 3.8) is 0 Å². The molecular formula is C20H14F2N2O5. The minimum atomic E-state index is -0.908. The Morgan fingerprint density at radius 1 is 0.966 bits per heavy atom. The number of nitrogens with zero attached hydrogens (tertiary/aromatic N) is 2. The fraction of sp³-hybridized carbons (Fsp3) is 0.0500. The summed E-state index contributed by atoms with van der Waals surface area (Å²) in [6.07, 6.45) is 2.22. The summed E-state index contributed by atoms with van der Waals surface area (Å²) in [6.45, 7) is 0. The zero-order valence-electron chi connectivity index (χ0n) is 15.0. The Labute approximate surface area is 164 Å². The third-order valence-corrected chi connectivity index (χ3v) is 3.49. The van der Waals surface area contributed by atoms with Crippen LogP contribution in [-0.4, -0.2) is 23.0 Å². The fourth-order valence-electron chi connectivity index (χ4n) is 2.20. The molecular weight excluding hydrogens is 386 g/mol. The van der Waals surface area contributed by atoms with E-state index < -0.39 is 23.4 Å². The van der Waals surface area contributed by atoms with E-state index in [4.69, 9.17) is 19.2 Å². The van der Waals surface area contributed by atoms with Gasteiger partial charge in [0.15, 0.2) is 11.6 Å². The van der Waals surface area contributed by atoms with Crippen LogP contribution in [0.4, 0.5) is 8.78 Å². The monoisotopic (exact) mass is 400 g/mol. The van der Waals surface area contributed by atoms with Crippen LogP contribution in [0.1, 0.15) is 5.56 Å². The molecule has 0 aliphatic heterocycles. The highest BCUT2D eigenvalue weighted by Gasteiger charge is 2.17. The molecule has 0 bridgehead atoms. The molecule has 29 heavy (non-hydrogen) atoms. The zero-order valence-corrected chi connectivity index (χ0v) is 15.0. The van der Waals surface area contributed by atoms with Crippen LogP contribution in [-0.2, 0) is 14.4 Å². The summed E-state index contributed by atoms with van der Waals surface area (Å²) >= 11 is 0. The van der Waals surface area contributed by atoms with Gasteiger partial charge in [0.1, 0.15) is 11.9 Å². The number of halogens is 2. The number of ether oxygens (including phenoxy) is 2. The van der Waals surface area contributed by atoms with E-state index in [2.05, 4.69) is 9.97 Å². The van der Waals surface area contributed by atoms with Gasteiger partial charge in [0.2, 0.25) is 11.6 Å². The minimum Gasteiger partial charge on any atom is -0.503 e. The van der Waals surface area contributed by atoms with E-state index in [1.54, 1.807) is 30.3 Å². The maximum absolute atomic E-state index is 13.7. The molecule has 0 aliphatic carbocycles. The first kappa shape index (κ1) is 19.7. The predicted octanol–water partition coefficient (Wildman–Crippen LogP) is 4.07. The van der Waals surface area contributed by atoms with Crippen molar-refractivity contribution in [1.82, 2.24) is 9.97 Å². The zero-order chi connectivity index (χ0) is 20.6. The maximum Gasteiger partial charge on any atom is 0.389 e. The summed E-state index contributed by atoms with van der Waals surface area (Å²) in [7, 11) is 1.38. The Balaban J connectivity index is 1.70. The van der Waals surface area contributed by atoms with Gasteiger partial charge < -0.3 is 9.47 Å². The van der Waals surface area contributed by atoms with Gasteiger partial charge in [-0.15, -0.1) is 0 Å². The van der Waals surface area contributed by atoms with Crippen LogP contribution in [0, 0.1) is 11.6 Å². The number of methoxy groups -OCH3 is 1. The summed E-state index contributed by atoms with van der Waals surface area (Å²) in [4.78, 5) is 29.4. The smallest absolute Gasteiger partial charge is 0.389 e. The molecule has 1 heterocycles. The van der Waals surface area contributed by atoms with Gasteiger partial charge in [0.05, 0.1) is 19.4 Å². The molecule has 3 aromatic rings. The Morgan fingerprint density at radius 2 is 1.66 bits per heavy atom. The van der Waals surface area contributed by atoms with E-state index in [0.29, 0.717) is 5.56 Å². The van der Waals surface area contributed by atoms with Crippen molar-refractivity contribution in [3.8, 4) is 17.5 Å². The highest BCUT2D eigenvalue weighted by atomic mass is 19.1. The molecule has 0 aliphatic rings. The van der Waals surface area contributed by atoms with Gasteiger partial charge in [-0.05, 0) is 17.7 Å². The Kier molecular flexibility index (Phi) is 6.31. The van der Waals surface area contributed by atoms with Gasteiger partial charge in [-0.25, -0.2) is 23.4 Å². The average Bonchev–Trinajstić information content (AvgIpc) is 2.74. The van der Waals surface area contributed by atoms with E-state index in [1.807, 2.05) is 0 Å². The summed E-state index contributed by atoms with van der Waals surface area (Å²) in [5.41, 5.74) is 0.650. The molecule has 7 nitrogen and oxygen atoms in total. The number of rotatable bonds is 7. The third kappa shape index (κ3) is 5.04. The lowest BCUT2D eigenvalue weighted by Gasteiger charge is -2.09. The molecule has 148 valence electrons. The molecule has 0 unspecified atom stereocenters. The second kappa shape index (κ2) is 9.27. The minimum absolute atomic E-state index is 0.104. The molecule has 0 spiro atoms. The Hall–Kier alpha value is -4.01. The molecule has 3 rings (SSSR count). The number of benzene rings is 2. The first-order valence-corrected chi connectivity index (χ1v) is 8.19. The van der Waals surface area contributed by atoms with E-state index in [0.717, 1.165) is 24.5 Å². The lowest BCUT2D eigenvalue weighted by atomic mass is 10.1. The van der Waals surface area contributed by atoms with E-state index in [9.17, 15) is 13.6 Å². The SMILES string of the molecule is CO/C=C(\C(=O)OOc1cc(Oc2c(F)cccc2F)ncn1)c1ccccc1. The van der Waals surface area contributed by atoms with Crippen LogP contribution in [0.5, 0.6) is 17.5 Å². The topological polar surface area (TPSA) is 79.8 Å². The molecule has 0 N–H and O–H groups in total. The van der Waals surface area contributed by atoms with Crippen molar-refractivity contribution in [2.24, 2.45) is 0 Å². The Morgan fingerprint density at radius 3 is 2.34 bits per heavy atom. The van der Waals surface area contributed by atoms with Gasteiger partial charge in [0.25, 0.3) is 5.88 Å². The first-order valence-electron chi connectivity index (χ1n) is 8.19. The molecule has 0 radical (unpaired) electrons. The summed E-state index contributed by atoms with van der Waals surface area (Å²) in [5, 5.41) is 0. The largest absolute Gasteiger partial charge is 0.503 e. The van der Waals surface area contributed by atoms with Crippen LogP contribution in [0.25, 0.3) is 5.57 Å². The molecule has 0 saturated carbocycles. The fourth-order valence-corrected chi connectivity index (χ4v) is 2.20. The van der Waals surface area contributed by atoms with Crippen molar-refractivity contribution in [1.29, 1.82) is 0 Å². The normalized spacial score (nSPS) is 10.9. The van der Waals surface area contributed by atoms with E-state index in [-0.39, 0.29) is 17.3 Å². The van der Waals surface area contributed by atoms with Crippen LogP contribution < -0.4 is 9.62 Å². The number of carbonyl (C=O) groups excluding carboxylic acids is 1. The van der Waals surface area contributed by atoms with Crippen LogP contribution in [0.3, 0.4) is 0 Å². The van der Waals surface area contributed by atoms with Crippen LogP contribution >= 0.6 is 0 Å². The maximum atomic E-state index is 13.7. The molecule has 1 aromatic heterocycles. The number of hydrogen-bond acceptors (Lipinski definition) is 7. The summed E-state index contributed by atoms with van der Waals surface area (Å²) in [6, 6.07) is 13.0. The molecule has 0 atom stereocenters. The van der Waals surface area contributed by atoms with E-state index >= 15 is 0 Å². The van der Waals surface area contributed by atoms with Crippen LogP contribution in [0.15, 0.2) is 67.2 Å². The van der Waals surface area contributed by atoms with Crippen molar-refractivity contribution in [3.05, 3.63) is 84.4 Å². The summed E-state index contributed by atoms with van der Waals surface area (Å²) < 4.78 is 37.4. The quantitative estimate of drug-likeness (QED) is 0.256. The predicted molar refractivity (Wildman–Crippen MR) is 96.6 cm³/mol. The molecule has 9 heteroatoms. The summed E-state index contributed by atoms with van der Waals surface area (Å²) in [5.74, 6) is -3.73. The van der Waals surface area contributed by atoms with Gasteiger partial charge in [-0.2, -0.15) is 4.98 Å². The van der Waals surface area contributed by atoms with Gasteiger partial charge in [0, 0.05) is 0 Å². The highest BCUT2D eigenvalue weighted by Crippen LogP contribution is 2.27. The number of hydrogen-bond donors (Lipinski definition) is 0. The van der Waals surface area contributed by atoms with Gasteiger partial charge in [-0.1, -0.05) is 36.4 Å². The van der Waals surface area contributed by atoms with Crippen LogP contribution in [0.2, 0.25) is 0 Å². The highest BCUT2D eigenvalue weighted by molar-refractivity contribution is 6.15. The molecule has 0 fully saturated rings. The lowest BCUT2D eigenvalue weighted by molar-refractivity contribution is -0.207. The number of carbonyl (C=O) groups is 1. The van der Waals surface area contributed by atoms with Gasteiger partial charge in [-0.3, -0.25) is 4.89 Å². The molecule has 0 saturated heterocycles. The van der Waals surface area contributed by atoms with Crippen molar-refractivity contribution < 1.29 is 32.8 Å². The number of aromatic nitrogens is 2.